The van der Waals surface area contributed by atoms with Gasteiger partial charge in [-0.25, -0.2) is 9.13 Å². The predicted octanol–water partition coefficient (Wildman–Crippen LogP) is 18.1. The topological polar surface area (TPSA) is 237 Å². The number of phosphoric acid groups is 2. The molecule has 3 N–H and O–H groups in total. The maximum atomic E-state index is 13.0. The van der Waals surface area contributed by atoms with Crippen LogP contribution in [0.4, 0.5) is 0 Å². The Morgan fingerprint density at radius 2 is 0.565 bits per heavy atom. The number of phosphoric ester groups is 2. The van der Waals surface area contributed by atoms with E-state index in [0.29, 0.717) is 37.5 Å². The number of aliphatic hydroxyl groups is 1. The summed E-state index contributed by atoms with van der Waals surface area (Å²) in [6, 6.07) is 0. The number of rotatable bonds is 63. The van der Waals surface area contributed by atoms with E-state index in [1.807, 2.05) is 0 Å². The fraction of sp³-hybridized carbons (Fsp3) is 0.939. The van der Waals surface area contributed by atoms with Crippen LogP contribution in [0.3, 0.4) is 0 Å². The zero-order chi connectivity index (χ0) is 63.2. The van der Waals surface area contributed by atoms with E-state index < -0.39 is 97.5 Å². The van der Waals surface area contributed by atoms with Gasteiger partial charge in [0, 0.05) is 25.7 Å². The largest absolute Gasteiger partial charge is 0.472 e. The lowest BCUT2D eigenvalue weighted by molar-refractivity contribution is -0.161. The number of hydrogen-bond donors (Lipinski definition) is 3. The van der Waals surface area contributed by atoms with Crippen LogP contribution < -0.4 is 0 Å². The van der Waals surface area contributed by atoms with Crippen molar-refractivity contribution in [2.75, 3.05) is 39.6 Å². The molecular formula is C66H128O17P2. The molecule has 0 aromatic carbocycles. The highest BCUT2D eigenvalue weighted by atomic mass is 31.2. The molecule has 0 bridgehead atoms. The van der Waals surface area contributed by atoms with E-state index >= 15 is 0 Å². The molecule has 0 heterocycles. The normalized spacial score (nSPS) is 14.7. The molecule has 17 nitrogen and oxygen atoms in total. The van der Waals surface area contributed by atoms with Crippen LogP contribution in [0.2, 0.25) is 0 Å². The van der Waals surface area contributed by atoms with Gasteiger partial charge in [0.15, 0.2) is 12.2 Å². The molecule has 0 radical (unpaired) electrons. The highest BCUT2D eigenvalue weighted by Gasteiger charge is 2.30. The van der Waals surface area contributed by atoms with Gasteiger partial charge in [-0.2, -0.15) is 0 Å². The first-order chi connectivity index (χ1) is 40.6. The number of carbonyl (C=O) groups is 4. The molecule has 85 heavy (non-hydrogen) atoms. The molecule has 0 aromatic rings. The minimum atomic E-state index is -4.95. The Hall–Kier alpha value is -1.94. The summed E-state index contributed by atoms with van der Waals surface area (Å²) in [5, 5.41) is 10.5. The van der Waals surface area contributed by atoms with Crippen molar-refractivity contribution in [2.45, 2.75) is 337 Å². The van der Waals surface area contributed by atoms with Gasteiger partial charge in [-0.05, 0) is 49.4 Å². The third-order valence-corrected chi connectivity index (χ3v) is 17.3. The summed E-state index contributed by atoms with van der Waals surface area (Å²) in [7, 11) is -9.89. The smallest absolute Gasteiger partial charge is 0.462 e. The first kappa shape index (κ1) is 83.1. The monoisotopic (exact) mass is 1250 g/mol. The van der Waals surface area contributed by atoms with Crippen LogP contribution in [-0.4, -0.2) is 96.7 Å². The van der Waals surface area contributed by atoms with E-state index in [-0.39, 0.29) is 25.7 Å². The molecule has 19 heteroatoms. The van der Waals surface area contributed by atoms with E-state index in [1.165, 1.54) is 116 Å². The fourth-order valence-corrected chi connectivity index (χ4v) is 11.3. The standard InChI is InChI=1S/C66H128O17P2/c1-9-59(8)45-37-29-19-15-11-13-16-20-30-38-46-63(68)76-52-62(83-66(71)49-41-33-25-23-28-36-44-58(6)7)55-81-85(74,75)79-51-60(67)50-78-84(72,73)80-54-61(53-77-64(69)47-39-31-24-22-27-35-43-57(4)5)82-65(70)48-40-32-21-17-12-10-14-18-26-34-42-56(2)3/h56-62,67H,9-55H2,1-8H3,(H,72,73)(H,74,75)/t59?,60-,61+,62+/m0/s1. The van der Waals surface area contributed by atoms with Crippen LogP contribution in [0.25, 0.3) is 0 Å². The van der Waals surface area contributed by atoms with Gasteiger partial charge in [0.25, 0.3) is 0 Å². The summed E-state index contributed by atoms with van der Waals surface area (Å²) in [6.45, 7) is 14.0. The van der Waals surface area contributed by atoms with Crippen LogP contribution in [0.1, 0.15) is 319 Å². The lowest BCUT2D eigenvalue weighted by Gasteiger charge is -2.21. The Kier molecular flexibility index (Phi) is 54.8. The Labute approximate surface area is 517 Å². The second-order valence-electron chi connectivity index (χ2n) is 25.5. The fourth-order valence-electron chi connectivity index (χ4n) is 9.75. The molecule has 0 saturated heterocycles. The maximum Gasteiger partial charge on any atom is 0.472 e. The van der Waals surface area contributed by atoms with Gasteiger partial charge in [-0.3, -0.25) is 37.3 Å². The number of carbonyl (C=O) groups excluding carboxylic acids is 4. The van der Waals surface area contributed by atoms with Crippen LogP contribution in [0, 0.1) is 23.7 Å². The zero-order valence-corrected chi connectivity index (χ0v) is 57.0. The summed E-state index contributed by atoms with van der Waals surface area (Å²) >= 11 is 0. The number of esters is 4. The van der Waals surface area contributed by atoms with E-state index in [1.54, 1.807) is 0 Å². The molecule has 6 atom stereocenters. The molecule has 0 fully saturated rings. The summed E-state index contributed by atoms with van der Waals surface area (Å²) < 4.78 is 68.0. The SMILES string of the molecule is CCC(C)CCCCCCCCCCCCC(=O)OC[C@H](COP(=O)(O)OC[C@@H](O)COP(=O)(O)OC[C@@H](COC(=O)CCCCCCCCC(C)C)OC(=O)CCCCCCCCCCCCC(C)C)OC(=O)CCCCCCCCC(C)C. The summed E-state index contributed by atoms with van der Waals surface area (Å²) in [5.41, 5.74) is 0. The molecule has 0 amide bonds. The highest BCUT2D eigenvalue weighted by Crippen LogP contribution is 2.45. The second kappa shape index (κ2) is 56.1. The average molecular weight is 1260 g/mol. The van der Waals surface area contributed by atoms with Gasteiger partial charge < -0.3 is 33.8 Å². The average Bonchev–Trinajstić information content (AvgIpc) is 3.50. The lowest BCUT2D eigenvalue weighted by Crippen LogP contribution is -2.30. The molecule has 0 aliphatic heterocycles. The molecular weight excluding hydrogens is 1130 g/mol. The first-order valence-corrected chi connectivity index (χ1v) is 37.2. The molecule has 0 aromatic heterocycles. The molecule has 0 saturated carbocycles. The van der Waals surface area contributed by atoms with Crippen molar-refractivity contribution in [3.05, 3.63) is 0 Å². The van der Waals surface area contributed by atoms with Crippen LogP contribution in [0.15, 0.2) is 0 Å². The maximum absolute atomic E-state index is 13.0. The minimum Gasteiger partial charge on any atom is -0.462 e. The Bertz CT molecular complexity index is 1700. The lowest BCUT2D eigenvalue weighted by atomic mass is 9.99. The number of aliphatic hydroxyl groups excluding tert-OH is 1. The van der Waals surface area contributed by atoms with Gasteiger partial charge in [0.2, 0.25) is 0 Å². The predicted molar refractivity (Wildman–Crippen MR) is 340 cm³/mol. The van der Waals surface area contributed by atoms with Gasteiger partial charge in [-0.15, -0.1) is 0 Å². The number of ether oxygens (including phenoxy) is 4. The van der Waals surface area contributed by atoms with Gasteiger partial charge in [-0.1, -0.05) is 267 Å². The van der Waals surface area contributed by atoms with Crippen molar-refractivity contribution in [3.8, 4) is 0 Å². The Morgan fingerprint density at radius 1 is 0.329 bits per heavy atom. The van der Waals surface area contributed by atoms with E-state index in [9.17, 15) is 43.2 Å². The number of hydrogen-bond acceptors (Lipinski definition) is 15. The minimum absolute atomic E-state index is 0.101. The molecule has 0 rings (SSSR count). The molecule has 504 valence electrons. The molecule has 0 aliphatic rings. The third kappa shape index (κ3) is 59.5. The molecule has 0 aliphatic carbocycles. The van der Waals surface area contributed by atoms with Crippen molar-refractivity contribution in [1.82, 2.24) is 0 Å². The Balaban J connectivity index is 5.22. The van der Waals surface area contributed by atoms with Crippen molar-refractivity contribution >= 4 is 39.5 Å². The summed E-state index contributed by atoms with van der Waals surface area (Å²) in [6.07, 6.45) is 36.4. The van der Waals surface area contributed by atoms with E-state index in [0.717, 1.165) is 108 Å². The van der Waals surface area contributed by atoms with E-state index in [2.05, 4.69) is 55.4 Å². The third-order valence-electron chi connectivity index (χ3n) is 15.4. The van der Waals surface area contributed by atoms with E-state index in [4.69, 9.17) is 37.0 Å². The van der Waals surface area contributed by atoms with Crippen LogP contribution in [-0.2, 0) is 65.4 Å². The van der Waals surface area contributed by atoms with Crippen molar-refractivity contribution in [2.24, 2.45) is 23.7 Å². The van der Waals surface area contributed by atoms with Gasteiger partial charge in [0.1, 0.15) is 19.3 Å². The van der Waals surface area contributed by atoms with Crippen molar-refractivity contribution in [1.29, 1.82) is 0 Å². The van der Waals surface area contributed by atoms with Crippen molar-refractivity contribution in [3.63, 3.8) is 0 Å². The Morgan fingerprint density at radius 3 is 0.835 bits per heavy atom. The number of unbranched alkanes of at least 4 members (excludes halogenated alkanes) is 28. The molecule has 3 unspecified atom stereocenters. The summed E-state index contributed by atoms with van der Waals surface area (Å²) in [4.78, 5) is 72.3. The van der Waals surface area contributed by atoms with Crippen LogP contribution >= 0.6 is 15.6 Å². The highest BCUT2D eigenvalue weighted by molar-refractivity contribution is 7.47. The van der Waals surface area contributed by atoms with Crippen molar-refractivity contribution < 1.29 is 80.2 Å². The second-order valence-corrected chi connectivity index (χ2v) is 28.4. The van der Waals surface area contributed by atoms with Gasteiger partial charge >= 0.3 is 39.5 Å². The van der Waals surface area contributed by atoms with Gasteiger partial charge in [0.05, 0.1) is 26.4 Å². The first-order valence-electron chi connectivity index (χ1n) is 34.2. The zero-order valence-electron chi connectivity index (χ0n) is 55.2. The molecule has 0 spiro atoms. The summed E-state index contributed by atoms with van der Waals surface area (Å²) in [5.74, 6) is 0.770. The van der Waals surface area contributed by atoms with Crippen LogP contribution in [0.5, 0.6) is 0 Å². The quantitative estimate of drug-likeness (QED) is 0.0222.